The van der Waals surface area contributed by atoms with Crippen molar-refractivity contribution in [2.45, 2.75) is 316 Å². The summed E-state index contributed by atoms with van der Waals surface area (Å²) in [5.74, 6) is -2.31. The van der Waals surface area contributed by atoms with Crippen LogP contribution in [0.1, 0.15) is 297 Å². The number of ether oxygens (including phenoxy) is 4. The summed E-state index contributed by atoms with van der Waals surface area (Å²) in [4.78, 5) is 73.2. The van der Waals surface area contributed by atoms with E-state index in [2.05, 4.69) is 222 Å². The highest BCUT2D eigenvalue weighted by molar-refractivity contribution is 7.47. The van der Waals surface area contributed by atoms with Crippen LogP contribution in [0.2, 0.25) is 0 Å². The fourth-order valence-corrected chi connectivity index (χ4v) is 11.9. The van der Waals surface area contributed by atoms with Crippen LogP contribution in [0.25, 0.3) is 0 Å². The van der Waals surface area contributed by atoms with Crippen molar-refractivity contribution in [1.82, 2.24) is 0 Å². The lowest BCUT2D eigenvalue weighted by Crippen LogP contribution is -2.30. The van der Waals surface area contributed by atoms with Crippen molar-refractivity contribution in [1.29, 1.82) is 0 Å². The van der Waals surface area contributed by atoms with Gasteiger partial charge in [-0.1, -0.05) is 280 Å². The Hall–Kier alpha value is -6.10. The summed E-state index contributed by atoms with van der Waals surface area (Å²) in [5.41, 5.74) is 0. The molecule has 0 aromatic carbocycles. The molecule has 0 saturated heterocycles. The van der Waals surface area contributed by atoms with Gasteiger partial charge in [-0.2, -0.15) is 0 Å². The number of rotatable bonds is 76. The minimum atomic E-state index is -5.01. The standard InChI is InChI=1S/C91H146O17P2/c1-5-9-13-17-21-25-29-33-36-39-42-45-48-52-55-59-63-67-71-75-88(93)101-81-86(107-90(95)77-73-69-65-61-57-51-32-28-24-20-16-12-8-4)83-105-109(97,98)103-79-85(92)80-104-110(99,100)106-84-87(108-91(96)78-74-70-66-62-58-54-50-47-44-41-38-35-31-27-23-19-15-11-7-3)82-102-89(94)76-72-68-64-60-56-53-49-46-43-40-37-34-30-26-22-18-14-10-6-2/h9-11,13-15,21-23,25-28,32-38,42-47,52-56,58,85-87,92H,5-8,12,16-20,24,29-31,39-41,48-51,57,59-84H2,1-4H3,(H,97,98)(H,99,100)/b13-9-,14-10-,15-11-,25-21-,26-22-,27-23-,32-28-,36-33-,37-34-,38-35-,45-42-,46-43-,47-44-,55-52-,56-53-,58-54-/t85-,86+,87+/m0/s1. The molecule has 0 aliphatic carbocycles. The van der Waals surface area contributed by atoms with Crippen molar-refractivity contribution in [3.63, 3.8) is 0 Å². The number of aliphatic hydroxyl groups is 1. The maximum absolute atomic E-state index is 13.1. The summed E-state index contributed by atoms with van der Waals surface area (Å²) in [5, 5.41) is 10.7. The molecule has 17 nitrogen and oxygen atoms in total. The van der Waals surface area contributed by atoms with Crippen LogP contribution in [-0.2, 0) is 65.4 Å². The van der Waals surface area contributed by atoms with Gasteiger partial charge < -0.3 is 33.8 Å². The molecule has 0 heterocycles. The first-order valence-electron chi connectivity index (χ1n) is 41.7. The highest BCUT2D eigenvalue weighted by Crippen LogP contribution is 2.45. The lowest BCUT2D eigenvalue weighted by atomic mass is 10.1. The van der Waals surface area contributed by atoms with Gasteiger partial charge in [-0.3, -0.25) is 37.3 Å². The van der Waals surface area contributed by atoms with Crippen molar-refractivity contribution in [2.75, 3.05) is 39.6 Å². The predicted molar refractivity (Wildman–Crippen MR) is 454 cm³/mol. The van der Waals surface area contributed by atoms with E-state index in [1.54, 1.807) is 0 Å². The minimum absolute atomic E-state index is 0.0393. The second-order valence-electron chi connectivity index (χ2n) is 26.9. The molecule has 0 amide bonds. The summed E-state index contributed by atoms with van der Waals surface area (Å²) >= 11 is 0. The van der Waals surface area contributed by atoms with Gasteiger partial charge in [-0.05, 0) is 186 Å². The number of carbonyl (C=O) groups is 4. The Bertz CT molecular complexity index is 2850. The van der Waals surface area contributed by atoms with E-state index in [4.69, 9.17) is 37.0 Å². The molecule has 0 aromatic rings. The Morgan fingerprint density at radius 2 is 0.473 bits per heavy atom. The number of unbranched alkanes of at least 4 members (excludes halogenated alkanes) is 18. The Morgan fingerprint density at radius 3 is 0.745 bits per heavy atom. The van der Waals surface area contributed by atoms with Crippen molar-refractivity contribution in [3.8, 4) is 0 Å². The summed E-state index contributed by atoms with van der Waals surface area (Å²) in [7, 11) is -10.0. The second-order valence-corrected chi connectivity index (χ2v) is 29.8. The van der Waals surface area contributed by atoms with E-state index in [1.165, 1.54) is 25.7 Å². The van der Waals surface area contributed by atoms with Crippen LogP contribution in [0.15, 0.2) is 194 Å². The molecule has 3 N–H and O–H groups in total. The average molecular weight is 1570 g/mol. The lowest BCUT2D eigenvalue weighted by molar-refractivity contribution is -0.161. The van der Waals surface area contributed by atoms with E-state index in [0.717, 1.165) is 193 Å². The molecular weight excluding hydrogens is 1430 g/mol. The molecule has 110 heavy (non-hydrogen) atoms. The number of aliphatic hydroxyl groups excluding tert-OH is 1. The molecular formula is C91H146O17P2. The summed E-state index contributed by atoms with van der Waals surface area (Å²) < 4.78 is 68.7. The van der Waals surface area contributed by atoms with Gasteiger partial charge in [0.25, 0.3) is 0 Å². The molecule has 0 aliphatic heterocycles. The zero-order valence-corrected chi connectivity index (χ0v) is 69.9. The molecule has 0 fully saturated rings. The molecule has 0 bridgehead atoms. The van der Waals surface area contributed by atoms with Crippen LogP contribution in [0.5, 0.6) is 0 Å². The van der Waals surface area contributed by atoms with Crippen LogP contribution in [0, 0.1) is 0 Å². The molecule has 622 valence electrons. The van der Waals surface area contributed by atoms with Gasteiger partial charge in [-0.15, -0.1) is 0 Å². The Morgan fingerprint density at radius 1 is 0.264 bits per heavy atom. The SMILES string of the molecule is CC/C=C\C/C=C\C/C=C\C/C=C\C/C=C\CCCCCC(=O)OC[C@H](COP(=O)(O)OC[C@@H](O)COP(=O)(O)OC[C@@H](COC(=O)CCCCC/C=C\C/C=C\C/C=C\C/C=C\C/C=C\CC)OC(=O)CCCCCCC/C=C\CCCCCC)OC(=O)CCCCC/C=C\C/C=C\C/C=C\C/C=C\C/C=C\CC. The van der Waals surface area contributed by atoms with Gasteiger partial charge in [0, 0.05) is 25.7 Å². The van der Waals surface area contributed by atoms with Crippen molar-refractivity contribution in [3.05, 3.63) is 194 Å². The number of esters is 4. The third-order valence-corrected chi connectivity index (χ3v) is 18.4. The minimum Gasteiger partial charge on any atom is -0.462 e. The Kier molecular flexibility index (Phi) is 76.4. The summed E-state index contributed by atoms with van der Waals surface area (Å²) in [6.07, 6.45) is 99.7. The van der Waals surface area contributed by atoms with Crippen LogP contribution in [0.3, 0.4) is 0 Å². The maximum atomic E-state index is 13.1. The van der Waals surface area contributed by atoms with Gasteiger partial charge in [-0.25, -0.2) is 9.13 Å². The topological polar surface area (TPSA) is 237 Å². The monoisotopic (exact) mass is 1570 g/mol. The second kappa shape index (κ2) is 80.9. The highest BCUT2D eigenvalue weighted by Gasteiger charge is 2.30. The number of carbonyl (C=O) groups excluding carboxylic acids is 4. The number of hydrogen-bond acceptors (Lipinski definition) is 15. The smallest absolute Gasteiger partial charge is 0.462 e. The number of phosphoric acid groups is 2. The predicted octanol–water partition coefficient (Wildman–Crippen LogP) is 24.9. The first-order chi connectivity index (χ1) is 53.7. The molecule has 5 atom stereocenters. The lowest BCUT2D eigenvalue weighted by Gasteiger charge is -2.21. The van der Waals surface area contributed by atoms with Gasteiger partial charge in [0.05, 0.1) is 26.4 Å². The Balaban J connectivity index is 5.49. The zero-order valence-electron chi connectivity index (χ0n) is 68.1. The quantitative estimate of drug-likeness (QED) is 0.0169. The highest BCUT2D eigenvalue weighted by atomic mass is 31.2. The number of hydrogen-bond donors (Lipinski definition) is 3. The van der Waals surface area contributed by atoms with Crippen LogP contribution >= 0.6 is 15.6 Å². The first-order valence-corrected chi connectivity index (χ1v) is 44.7. The van der Waals surface area contributed by atoms with Crippen molar-refractivity contribution in [2.24, 2.45) is 0 Å². The number of phosphoric ester groups is 2. The average Bonchev–Trinajstić information content (AvgIpc) is 0.900. The zero-order chi connectivity index (χ0) is 80.3. The van der Waals surface area contributed by atoms with Crippen molar-refractivity contribution < 1.29 is 80.2 Å². The van der Waals surface area contributed by atoms with E-state index >= 15 is 0 Å². The third-order valence-electron chi connectivity index (χ3n) is 16.5. The van der Waals surface area contributed by atoms with E-state index in [0.29, 0.717) is 25.7 Å². The molecule has 0 aliphatic rings. The molecule has 0 aromatic heterocycles. The van der Waals surface area contributed by atoms with Gasteiger partial charge in [0.15, 0.2) is 12.2 Å². The fraction of sp³-hybridized carbons (Fsp3) is 0.604. The molecule has 0 spiro atoms. The van der Waals surface area contributed by atoms with Gasteiger partial charge in [0.1, 0.15) is 19.3 Å². The number of allylic oxidation sites excluding steroid dienone is 32. The Labute approximate surface area is 666 Å². The maximum Gasteiger partial charge on any atom is 0.472 e. The van der Waals surface area contributed by atoms with Crippen LogP contribution < -0.4 is 0 Å². The summed E-state index contributed by atoms with van der Waals surface area (Å²) in [6.45, 7) is 4.38. The first kappa shape index (κ1) is 104. The van der Waals surface area contributed by atoms with E-state index < -0.39 is 97.5 Å². The van der Waals surface area contributed by atoms with Gasteiger partial charge in [0.2, 0.25) is 0 Å². The van der Waals surface area contributed by atoms with Crippen LogP contribution in [-0.4, -0.2) is 96.7 Å². The van der Waals surface area contributed by atoms with E-state index in [1.807, 2.05) is 0 Å². The normalized spacial score (nSPS) is 14.8. The molecule has 19 heteroatoms. The van der Waals surface area contributed by atoms with Crippen LogP contribution in [0.4, 0.5) is 0 Å². The molecule has 2 unspecified atom stereocenters. The molecule has 0 saturated carbocycles. The largest absolute Gasteiger partial charge is 0.472 e. The van der Waals surface area contributed by atoms with Gasteiger partial charge >= 0.3 is 39.5 Å². The fourth-order valence-electron chi connectivity index (χ4n) is 10.3. The summed E-state index contributed by atoms with van der Waals surface area (Å²) in [6, 6.07) is 0. The molecule has 0 rings (SSSR count). The van der Waals surface area contributed by atoms with Crippen molar-refractivity contribution >= 4 is 39.5 Å². The third kappa shape index (κ3) is 80.0. The van der Waals surface area contributed by atoms with E-state index in [9.17, 15) is 43.2 Å². The van der Waals surface area contributed by atoms with E-state index in [-0.39, 0.29) is 25.7 Å². The molecule has 0 radical (unpaired) electrons.